The number of nitriles is 1. The first-order valence-electron chi connectivity index (χ1n) is 5.47. The lowest BCUT2D eigenvalue weighted by atomic mass is 10.00. The summed E-state index contributed by atoms with van der Waals surface area (Å²) in [7, 11) is -3.31. The van der Waals surface area contributed by atoms with Gasteiger partial charge in [-0.15, -0.1) is 0 Å². The molecule has 1 rings (SSSR count). The third-order valence-corrected chi connectivity index (χ3v) is 3.20. The van der Waals surface area contributed by atoms with Crippen LogP contribution in [0.4, 0.5) is 0 Å². The maximum absolute atomic E-state index is 10.7. The summed E-state index contributed by atoms with van der Waals surface area (Å²) in [5.41, 5.74) is 0. The van der Waals surface area contributed by atoms with Crippen LogP contribution in [0.3, 0.4) is 0 Å². The van der Waals surface area contributed by atoms with E-state index in [9.17, 15) is 8.42 Å². The first kappa shape index (κ1) is 13.4. The van der Waals surface area contributed by atoms with Gasteiger partial charge in [-0.05, 0) is 25.8 Å². The highest BCUT2D eigenvalue weighted by atomic mass is 32.2. The second-order valence-corrected chi connectivity index (χ2v) is 5.79. The van der Waals surface area contributed by atoms with Crippen molar-refractivity contribution in [1.82, 2.24) is 4.90 Å². The monoisotopic (exact) mass is 246 g/mol. The topological polar surface area (TPSA) is 70.4 Å². The molecule has 5 nitrogen and oxygen atoms in total. The van der Waals surface area contributed by atoms with Crippen molar-refractivity contribution in [3.63, 3.8) is 0 Å². The van der Waals surface area contributed by atoms with Gasteiger partial charge in [0.15, 0.2) is 0 Å². The van der Waals surface area contributed by atoms with Crippen molar-refractivity contribution in [2.45, 2.75) is 19.3 Å². The van der Waals surface area contributed by atoms with Gasteiger partial charge in [0.2, 0.25) is 0 Å². The second-order valence-electron chi connectivity index (χ2n) is 4.15. The van der Waals surface area contributed by atoms with Crippen LogP contribution in [-0.2, 0) is 14.3 Å². The quantitative estimate of drug-likeness (QED) is 0.524. The average molecular weight is 246 g/mol. The Morgan fingerprint density at radius 3 is 2.94 bits per heavy atom. The molecule has 1 fully saturated rings. The number of piperidine rings is 1. The lowest BCUT2D eigenvalue weighted by molar-refractivity contribution is 0.184. The van der Waals surface area contributed by atoms with Crippen molar-refractivity contribution in [2.75, 3.05) is 32.5 Å². The number of nitrogens with zero attached hydrogens (tertiary/aromatic N) is 2. The molecule has 1 saturated heterocycles. The molecule has 0 amide bonds. The van der Waals surface area contributed by atoms with Gasteiger partial charge < -0.3 is 4.90 Å². The van der Waals surface area contributed by atoms with Crippen LogP contribution < -0.4 is 0 Å². The molecular weight excluding hydrogens is 228 g/mol. The number of likely N-dealkylation sites (tertiary alicyclic amines) is 1. The Morgan fingerprint density at radius 2 is 2.31 bits per heavy atom. The van der Waals surface area contributed by atoms with Crippen molar-refractivity contribution in [1.29, 1.82) is 5.26 Å². The fourth-order valence-corrected chi connectivity index (χ4v) is 2.28. The highest BCUT2D eigenvalue weighted by Crippen LogP contribution is 2.15. The minimum Gasteiger partial charge on any atom is -0.302 e. The van der Waals surface area contributed by atoms with Crippen LogP contribution in [-0.4, -0.2) is 45.8 Å². The van der Waals surface area contributed by atoms with Gasteiger partial charge >= 0.3 is 0 Å². The van der Waals surface area contributed by atoms with E-state index in [2.05, 4.69) is 15.2 Å². The Labute approximate surface area is 97.1 Å². The van der Waals surface area contributed by atoms with Crippen molar-refractivity contribution in [3.8, 4) is 6.07 Å². The van der Waals surface area contributed by atoms with Crippen molar-refractivity contribution >= 4 is 10.1 Å². The molecule has 6 heteroatoms. The van der Waals surface area contributed by atoms with Crippen LogP contribution >= 0.6 is 0 Å². The van der Waals surface area contributed by atoms with E-state index in [0.29, 0.717) is 6.42 Å². The molecule has 1 heterocycles. The maximum atomic E-state index is 10.7. The molecule has 0 aromatic heterocycles. The summed E-state index contributed by atoms with van der Waals surface area (Å²) in [4.78, 5) is 2.20. The zero-order chi connectivity index (χ0) is 12.0. The molecule has 0 bridgehead atoms. The zero-order valence-electron chi connectivity index (χ0n) is 9.55. The van der Waals surface area contributed by atoms with Gasteiger partial charge in [-0.3, -0.25) is 4.18 Å². The SMILES string of the molecule is CS(=O)(=O)OCCCN1CCCC(C#N)C1. The van der Waals surface area contributed by atoms with Gasteiger partial charge in [-0.2, -0.15) is 13.7 Å². The van der Waals surface area contributed by atoms with Gasteiger partial charge in [0.25, 0.3) is 10.1 Å². The average Bonchev–Trinajstić information content (AvgIpc) is 2.23. The molecule has 0 aliphatic carbocycles. The molecule has 0 radical (unpaired) electrons. The van der Waals surface area contributed by atoms with Crippen LogP contribution in [0.5, 0.6) is 0 Å². The van der Waals surface area contributed by atoms with Gasteiger partial charge in [0.1, 0.15) is 0 Å². The number of hydrogen-bond donors (Lipinski definition) is 0. The van der Waals surface area contributed by atoms with Crippen molar-refractivity contribution in [2.24, 2.45) is 5.92 Å². The van der Waals surface area contributed by atoms with Gasteiger partial charge in [-0.1, -0.05) is 0 Å². The van der Waals surface area contributed by atoms with Crippen molar-refractivity contribution < 1.29 is 12.6 Å². The molecular formula is C10H18N2O3S. The van der Waals surface area contributed by atoms with Crippen LogP contribution in [0.15, 0.2) is 0 Å². The minimum atomic E-state index is -3.31. The molecule has 1 aliphatic heterocycles. The summed E-state index contributed by atoms with van der Waals surface area (Å²) < 4.78 is 26.1. The third kappa shape index (κ3) is 5.45. The summed E-state index contributed by atoms with van der Waals surface area (Å²) in [6, 6.07) is 2.28. The van der Waals surface area contributed by atoms with E-state index in [4.69, 9.17) is 5.26 Å². The Morgan fingerprint density at radius 1 is 1.56 bits per heavy atom. The van der Waals surface area contributed by atoms with Crippen LogP contribution in [0.2, 0.25) is 0 Å². The normalized spacial score (nSPS) is 22.9. The van der Waals surface area contributed by atoms with Gasteiger partial charge in [0, 0.05) is 13.1 Å². The van der Waals surface area contributed by atoms with E-state index in [1.54, 1.807) is 0 Å². The lowest BCUT2D eigenvalue weighted by Crippen LogP contribution is -2.35. The molecule has 0 saturated carbocycles. The van der Waals surface area contributed by atoms with E-state index in [0.717, 1.165) is 38.7 Å². The van der Waals surface area contributed by atoms with E-state index < -0.39 is 10.1 Å². The van der Waals surface area contributed by atoms with E-state index >= 15 is 0 Å². The Balaban J connectivity index is 2.16. The molecule has 1 aliphatic rings. The van der Waals surface area contributed by atoms with Crippen LogP contribution in [0, 0.1) is 17.2 Å². The molecule has 92 valence electrons. The minimum absolute atomic E-state index is 0.129. The number of hydrogen-bond acceptors (Lipinski definition) is 5. The maximum Gasteiger partial charge on any atom is 0.264 e. The first-order chi connectivity index (χ1) is 7.51. The van der Waals surface area contributed by atoms with Crippen LogP contribution in [0.1, 0.15) is 19.3 Å². The predicted octanol–water partition coefficient (Wildman–Crippen LogP) is 0.588. The van der Waals surface area contributed by atoms with Crippen molar-refractivity contribution in [3.05, 3.63) is 0 Å². The summed E-state index contributed by atoms with van der Waals surface area (Å²) in [6.45, 7) is 2.83. The standard InChI is InChI=1S/C10H18N2O3S/c1-16(13,14)15-7-3-6-12-5-2-4-10(8-11)9-12/h10H,2-7,9H2,1H3. The summed E-state index contributed by atoms with van der Waals surface area (Å²) in [5, 5.41) is 8.81. The molecule has 0 aromatic rings. The van der Waals surface area contributed by atoms with Gasteiger partial charge in [-0.25, -0.2) is 0 Å². The van der Waals surface area contributed by atoms with E-state index in [1.807, 2.05) is 0 Å². The Hall–Kier alpha value is -0.640. The fraction of sp³-hybridized carbons (Fsp3) is 0.900. The third-order valence-electron chi connectivity index (χ3n) is 2.60. The molecule has 16 heavy (non-hydrogen) atoms. The highest BCUT2D eigenvalue weighted by Gasteiger charge is 2.18. The van der Waals surface area contributed by atoms with Gasteiger partial charge in [0.05, 0.1) is 24.8 Å². The first-order valence-corrected chi connectivity index (χ1v) is 7.29. The van der Waals surface area contributed by atoms with E-state index in [1.165, 1.54) is 0 Å². The fourth-order valence-electron chi connectivity index (χ4n) is 1.86. The summed E-state index contributed by atoms with van der Waals surface area (Å²) >= 11 is 0. The molecule has 1 atom stereocenters. The Kier molecular flexibility index (Phi) is 5.19. The smallest absolute Gasteiger partial charge is 0.264 e. The highest BCUT2D eigenvalue weighted by molar-refractivity contribution is 7.85. The molecule has 0 spiro atoms. The molecule has 0 aromatic carbocycles. The lowest BCUT2D eigenvalue weighted by Gasteiger charge is -2.29. The summed E-state index contributed by atoms with van der Waals surface area (Å²) in [5.74, 6) is 0.129. The van der Waals surface area contributed by atoms with Crippen LogP contribution in [0.25, 0.3) is 0 Å². The Bertz CT molecular complexity index is 348. The predicted molar refractivity (Wildman–Crippen MR) is 60.2 cm³/mol. The number of rotatable bonds is 5. The largest absolute Gasteiger partial charge is 0.302 e. The zero-order valence-corrected chi connectivity index (χ0v) is 10.4. The molecule has 1 unspecified atom stereocenters. The van der Waals surface area contributed by atoms with E-state index in [-0.39, 0.29) is 12.5 Å². The second kappa shape index (κ2) is 6.18. The summed E-state index contributed by atoms with van der Waals surface area (Å²) in [6.07, 6.45) is 3.77. The molecule has 0 N–H and O–H groups in total.